The summed E-state index contributed by atoms with van der Waals surface area (Å²) >= 11 is 1.63. The summed E-state index contributed by atoms with van der Waals surface area (Å²) < 4.78 is 7.14. The second-order valence-corrected chi connectivity index (χ2v) is 7.85. The molecule has 9 nitrogen and oxygen atoms in total. The lowest BCUT2D eigenvalue weighted by Crippen LogP contribution is -2.39. The minimum atomic E-state index is 0.118. The lowest BCUT2D eigenvalue weighted by molar-refractivity contribution is -0.135. The van der Waals surface area contributed by atoms with Crippen LogP contribution in [0, 0.1) is 0 Å². The predicted molar refractivity (Wildman–Crippen MR) is 98.9 cm³/mol. The topological polar surface area (TPSA) is 89.3 Å². The first-order chi connectivity index (χ1) is 13.3. The van der Waals surface area contributed by atoms with Crippen LogP contribution in [0.15, 0.2) is 11.6 Å². The first kappa shape index (κ1) is 18.5. The number of rotatable bonds is 6. The molecule has 2 aromatic rings. The number of tetrazole rings is 1. The quantitative estimate of drug-likeness (QED) is 0.728. The zero-order chi connectivity index (χ0) is 18.5. The summed E-state index contributed by atoms with van der Waals surface area (Å²) in [5.41, 5.74) is 0. The Kier molecular flexibility index (Phi) is 6.05. The highest BCUT2D eigenvalue weighted by Gasteiger charge is 2.29. The van der Waals surface area contributed by atoms with Crippen molar-refractivity contribution in [2.45, 2.75) is 44.8 Å². The van der Waals surface area contributed by atoms with Crippen molar-refractivity contribution in [3.63, 3.8) is 0 Å². The highest BCUT2D eigenvalue weighted by atomic mass is 32.1. The predicted octanol–water partition coefficient (Wildman–Crippen LogP) is 1.11. The Morgan fingerprint density at radius 1 is 1.26 bits per heavy atom. The fourth-order valence-corrected chi connectivity index (χ4v) is 4.49. The van der Waals surface area contributed by atoms with E-state index in [0.717, 1.165) is 62.9 Å². The molecule has 2 aromatic heterocycles. The Balaban J connectivity index is 1.35. The molecule has 0 unspecified atom stereocenters. The molecule has 10 heteroatoms. The molecule has 0 N–H and O–H groups in total. The molecular weight excluding hydrogens is 366 g/mol. The third kappa shape index (κ3) is 4.50. The minimum absolute atomic E-state index is 0.118. The van der Waals surface area contributed by atoms with Crippen LogP contribution in [-0.2, 0) is 22.6 Å². The van der Waals surface area contributed by atoms with Gasteiger partial charge in [-0.3, -0.25) is 9.69 Å². The first-order valence-electron chi connectivity index (χ1n) is 9.55. The Bertz CT molecular complexity index is 729. The number of carbonyl (C=O) groups excluding carboxylic acids is 1. The number of aromatic nitrogens is 5. The van der Waals surface area contributed by atoms with Crippen LogP contribution >= 0.6 is 11.3 Å². The van der Waals surface area contributed by atoms with E-state index in [-0.39, 0.29) is 11.9 Å². The summed E-state index contributed by atoms with van der Waals surface area (Å²) in [5, 5.41) is 15.1. The average Bonchev–Trinajstić information content (AvgIpc) is 3.39. The van der Waals surface area contributed by atoms with Crippen LogP contribution in [0.1, 0.15) is 42.6 Å². The summed E-state index contributed by atoms with van der Waals surface area (Å²) in [5.74, 6) is 0.961. The third-order valence-electron chi connectivity index (χ3n) is 5.17. The molecule has 2 saturated heterocycles. The van der Waals surface area contributed by atoms with E-state index in [1.54, 1.807) is 16.0 Å². The second-order valence-electron chi connectivity index (χ2n) is 6.93. The number of ether oxygens (including phenoxy) is 1. The van der Waals surface area contributed by atoms with Gasteiger partial charge in [-0.2, -0.15) is 0 Å². The van der Waals surface area contributed by atoms with Crippen molar-refractivity contribution in [3.8, 4) is 0 Å². The van der Waals surface area contributed by atoms with Gasteiger partial charge in [0, 0.05) is 37.6 Å². The number of nitrogens with zero attached hydrogens (tertiary/aromatic N) is 7. The molecule has 1 amide bonds. The number of hydrogen-bond acceptors (Lipinski definition) is 8. The molecule has 4 heterocycles. The van der Waals surface area contributed by atoms with Crippen molar-refractivity contribution in [1.29, 1.82) is 0 Å². The molecule has 27 heavy (non-hydrogen) atoms. The van der Waals surface area contributed by atoms with Crippen LogP contribution in [0.2, 0.25) is 0 Å². The van der Waals surface area contributed by atoms with Gasteiger partial charge in [-0.05, 0) is 29.7 Å². The number of amides is 1. The summed E-state index contributed by atoms with van der Waals surface area (Å²) in [4.78, 5) is 21.6. The van der Waals surface area contributed by atoms with E-state index in [0.29, 0.717) is 19.5 Å². The van der Waals surface area contributed by atoms with Gasteiger partial charge in [0.2, 0.25) is 5.91 Å². The second kappa shape index (κ2) is 8.85. The molecule has 0 radical (unpaired) electrons. The Morgan fingerprint density at radius 2 is 2.15 bits per heavy atom. The van der Waals surface area contributed by atoms with E-state index in [1.807, 2.05) is 16.5 Å². The third-order valence-corrected chi connectivity index (χ3v) is 6.05. The summed E-state index contributed by atoms with van der Waals surface area (Å²) in [7, 11) is 0. The van der Waals surface area contributed by atoms with E-state index in [1.165, 1.54) is 0 Å². The van der Waals surface area contributed by atoms with Crippen molar-refractivity contribution in [1.82, 2.24) is 35.0 Å². The molecular formula is C17H25N7O2S. The Morgan fingerprint density at radius 3 is 2.96 bits per heavy atom. The molecule has 0 aliphatic carbocycles. The monoisotopic (exact) mass is 391 g/mol. The molecule has 2 fully saturated rings. The number of aryl methyl sites for hydroxylation is 1. The SMILES string of the molecule is O=C(CCn1nnnc1CN1CCOCC1)N1CCCC[C@H]1c1nccs1. The Labute approximate surface area is 162 Å². The smallest absolute Gasteiger partial charge is 0.225 e. The van der Waals surface area contributed by atoms with E-state index in [9.17, 15) is 4.79 Å². The van der Waals surface area contributed by atoms with Gasteiger partial charge in [0.25, 0.3) is 0 Å². The van der Waals surface area contributed by atoms with E-state index < -0.39 is 0 Å². The van der Waals surface area contributed by atoms with Crippen molar-refractivity contribution >= 4 is 17.2 Å². The van der Waals surface area contributed by atoms with Gasteiger partial charge in [-0.25, -0.2) is 9.67 Å². The maximum atomic E-state index is 12.9. The highest BCUT2D eigenvalue weighted by molar-refractivity contribution is 7.09. The molecule has 2 aliphatic heterocycles. The molecule has 4 rings (SSSR count). The van der Waals surface area contributed by atoms with Gasteiger partial charge in [0.1, 0.15) is 5.01 Å². The van der Waals surface area contributed by atoms with Gasteiger partial charge in [0.15, 0.2) is 5.82 Å². The van der Waals surface area contributed by atoms with Crippen molar-refractivity contribution in [3.05, 3.63) is 22.4 Å². The van der Waals surface area contributed by atoms with Crippen LogP contribution in [0.25, 0.3) is 0 Å². The number of thiazole rings is 1. The molecule has 146 valence electrons. The number of morpholine rings is 1. The van der Waals surface area contributed by atoms with Crippen LogP contribution in [0.4, 0.5) is 0 Å². The fraction of sp³-hybridized carbons (Fsp3) is 0.706. The first-order valence-corrected chi connectivity index (χ1v) is 10.4. The van der Waals surface area contributed by atoms with Crippen molar-refractivity contribution < 1.29 is 9.53 Å². The fourth-order valence-electron chi connectivity index (χ4n) is 3.70. The molecule has 0 bridgehead atoms. The van der Waals surface area contributed by atoms with Crippen LogP contribution < -0.4 is 0 Å². The lowest BCUT2D eigenvalue weighted by atomic mass is 10.0. The minimum Gasteiger partial charge on any atom is -0.379 e. The van der Waals surface area contributed by atoms with Gasteiger partial charge >= 0.3 is 0 Å². The van der Waals surface area contributed by atoms with Gasteiger partial charge in [-0.15, -0.1) is 16.4 Å². The number of piperidine rings is 1. The normalized spacial score (nSPS) is 21.5. The maximum Gasteiger partial charge on any atom is 0.225 e. The largest absolute Gasteiger partial charge is 0.379 e. The van der Waals surface area contributed by atoms with E-state index in [2.05, 4.69) is 25.4 Å². The maximum absolute atomic E-state index is 12.9. The molecule has 1 atom stereocenters. The van der Waals surface area contributed by atoms with Gasteiger partial charge in [-0.1, -0.05) is 0 Å². The lowest BCUT2D eigenvalue weighted by Gasteiger charge is -2.34. The van der Waals surface area contributed by atoms with Crippen LogP contribution in [-0.4, -0.2) is 73.7 Å². The van der Waals surface area contributed by atoms with Gasteiger partial charge < -0.3 is 9.64 Å². The standard InChI is InChI=1S/C17H25N7O2S/c25-16(23-6-2-1-3-14(23)17-18-5-12-27-17)4-7-24-15(19-20-21-24)13-22-8-10-26-11-9-22/h5,12,14H,1-4,6-11,13H2/t14-/m0/s1. The summed E-state index contributed by atoms with van der Waals surface area (Å²) in [6.45, 7) is 5.26. The highest BCUT2D eigenvalue weighted by Crippen LogP contribution is 2.32. The zero-order valence-electron chi connectivity index (χ0n) is 15.4. The molecule has 0 saturated carbocycles. The summed E-state index contributed by atoms with van der Waals surface area (Å²) in [6.07, 6.45) is 5.41. The summed E-state index contributed by atoms with van der Waals surface area (Å²) in [6, 6.07) is 0.118. The molecule has 0 aromatic carbocycles. The van der Waals surface area contributed by atoms with Crippen LogP contribution in [0.5, 0.6) is 0 Å². The van der Waals surface area contributed by atoms with Crippen molar-refractivity contribution in [2.24, 2.45) is 0 Å². The Hall–Kier alpha value is -1.91. The van der Waals surface area contributed by atoms with Crippen molar-refractivity contribution in [2.75, 3.05) is 32.8 Å². The number of carbonyl (C=O) groups is 1. The number of likely N-dealkylation sites (tertiary alicyclic amines) is 1. The molecule has 2 aliphatic rings. The van der Waals surface area contributed by atoms with E-state index in [4.69, 9.17) is 4.74 Å². The zero-order valence-corrected chi connectivity index (χ0v) is 16.2. The van der Waals surface area contributed by atoms with Gasteiger partial charge in [0.05, 0.1) is 32.3 Å². The molecule has 0 spiro atoms. The average molecular weight is 392 g/mol. The van der Waals surface area contributed by atoms with E-state index >= 15 is 0 Å². The number of hydrogen-bond donors (Lipinski definition) is 0. The van der Waals surface area contributed by atoms with Crippen LogP contribution in [0.3, 0.4) is 0 Å².